The lowest BCUT2D eigenvalue weighted by Gasteiger charge is -2.12. The van der Waals surface area contributed by atoms with Gasteiger partial charge in [-0.15, -0.1) is 11.3 Å². The molecular weight excluding hydrogens is 376 g/mol. The van der Waals surface area contributed by atoms with E-state index in [1.165, 1.54) is 11.3 Å². The molecule has 4 rings (SSSR count). The number of nitrogens with zero attached hydrogens (tertiary/aromatic N) is 3. The highest BCUT2D eigenvalue weighted by Gasteiger charge is 2.11. The van der Waals surface area contributed by atoms with Crippen molar-refractivity contribution in [3.63, 3.8) is 0 Å². The Morgan fingerprint density at radius 1 is 1.04 bits per heavy atom. The summed E-state index contributed by atoms with van der Waals surface area (Å²) in [6.45, 7) is 1.96. The second-order valence-corrected chi connectivity index (χ2v) is 7.64. The van der Waals surface area contributed by atoms with Gasteiger partial charge >= 0.3 is 0 Å². The van der Waals surface area contributed by atoms with Crippen LogP contribution in [0.5, 0.6) is 11.5 Å². The van der Waals surface area contributed by atoms with Crippen molar-refractivity contribution in [2.75, 3.05) is 5.32 Å². The number of nitrogens with one attached hydrogen (secondary N) is 1. The van der Waals surface area contributed by atoms with Gasteiger partial charge in [0.1, 0.15) is 5.75 Å². The fraction of sp³-hybridized carbons (Fsp3) is 0.0500. The third-order valence-electron chi connectivity index (χ3n) is 3.53. The summed E-state index contributed by atoms with van der Waals surface area (Å²) >= 11 is 3.14. The van der Waals surface area contributed by atoms with Gasteiger partial charge in [-0.3, -0.25) is 4.98 Å². The van der Waals surface area contributed by atoms with Crippen molar-refractivity contribution in [3.8, 4) is 11.5 Å². The molecule has 1 N–H and O–H groups in total. The van der Waals surface area contributed by atoms with Crippen LogP contribution < -0.4 is 10.1 Å². The molecule has 3 heterocycles. The number of hydrogen-bond acceptors (Lipinski definition) is 7. The summed E-state index contributed by atoms with van der Waals surface area (Å²) in [5, 5.41) is 6.04. The third kappa shape index (κ3) is 4.64. The van der Waals surface area contributed by atoms with Crippen molar-refractivity contribution in [2.45, 2.75) is 16.7 Å². The van der Waals surface area contributed by atoms with Crippen LogP contribution in [-0.2, 0) is 0 Å². The zero-order valence-electron chi connectivity index (χ0n) is 14.5. The van der Waals surface area contributed by atoms with Gasteiger partial charge in [-0.05, 0) is 31.2 Å². The Kier molecular flexibility index (Phi) is 5.32. The molecule has 0 amide bonds. The van der Waals surface area contributed by atoms with Gasteiger partial charge in [0.15, 0.2) is 16.7 Å². The summed E-state index contributed by atoms with van der Waals surface area (Å²) in [5.74, 6) is 2.03. The van der Waals surface area contributed by atoms with E-state index < -0.39 is 0 Å². The Morgan fingerprint density at radius 2 is 1.85 bits per heavy atom. The van der Waals surface area contributed by atoms with Crippen molar-refractivity contribution >= 4 is 34.0 Å². The lowest BCUT2D eigenvalue weighted by atomic mass is 10.3. The second kappa shape index (κ2) is 8.20. The fourth-order valence-electron chi connectivity index (χ4n) is 2.32. The first kappa shape index (κ1) is 17.5. The molecule has 7 heteroatoms. The molecule has 27 heavy (non-hydrogen) atoms. The van der Waals surface area contributed by atoms with Crippen molar-refractivity contribution in [1.29, 1.82) is 0 Å². The summed E-state index contributed by atoms with van der Waals surface area (Å²) in [5.41, 5.74) is 0.970. The summed E-state index contributed by atoms with van der Waals surface area (Å²) in [6, 6.07) is 15.6. The molecule has 5 nitrogen and oxygen atoms in total. The zero-order valence-corrected chi connectivity index (χ0v) is 16.1. The van der Waals surface area contributed by atoms with Crippen LogP contribution in [-0.4, -0.2) is 15.0 Å². The van der Waals surface area contributed by atoms with Gasteiger partial charge in [0, 0.05) is 39.8 Å². The summed E-state index contributed by atoms with van der Waals surface area (Å²) in [4.78, 5) is 15.1. The zero-order chi connectivity index (χ0) is 18.5. The van der Waals surface area contributed by atoms with Gasteiger partial charge in [-0.2, -0.15) is 0 Å². The van der Waals surface area contributed by atoms with Gasteiger partial charge in [0.25, 0.3) is 0 Å². The number of hydrogen-bond donors (Lipinski definition) is 1. The number of thiazole rings is 1. The van der Waals surface area contributed by atoms with E-state index in [4.69, 9.17) is 4.74 Å². The maximum absolute atomic E-state index is 6.09. The van der Waals surface area contributed by atoms with Crippen LogP contribution >= 0.6 is 23.1 Å². The Morgan fingerprint density at radius 3 is 2.59 bits per heavy atom. The minimum atomic E-state index is 0.632. The monoisotopic (exact) mass is 392 g/mol. The molecule has 0 saturated carbocycles. The SMILES string of the molecule is Cc1csc(Nc2ncc(Sc3ccncc3)cc2Oc2ccccc2)n1. The predicted octanol–water partition coefficient (Wildman–Crippen LogP) is 5.93. The van der Waals surface area contributed by atoms with E-state index in [0.717, 1.165) is 26.4 Å². The number of rotatable bonds is 6. The average Bonchev–Trinajstić information content (AvgIpc) is 3.10. The number of benzene rings is 1. The van der Waals surface area contributed by atoms with Gasteiger partial charge in [-0.25, -0.2) is 9.97 Å². The maximum Gasteiger partial charge on any atom is 0.188 e. The molecule has 134 valence electrons. The van der Waals surface area contributed by atoms with E-state index >= 15 is 0 Å². The van der Waals surface area contributed by atoms with Gasteiger partial charge in [0.2, 0.25) is 0 Å². The standard InChI is InChI=1S/C20H16N4OS2/c1-14-13-26-20(23-14)24-19-18(25-15-5-3-2-4-6-15)11-17(12-22-19)27-16-7-9-21-10-8-16/h2-13H,1H3,(H,22,23,24). The summed E-state index contributed by atoms with van der Waals surface area (Å²) < 4.78 is 6.09. The normalized spacial score (nSPS) is 10.6. The highest BCUT2D eigenvalue weighted by atomic mass is 32.2. The molecule has 0 aliphatic rings. The van der Waals surface area contributed by atoms with E-state index in [9.17, 15) is 0 Å². The smallest absolute Gasteiger partial charge is 0.188 e. The minimum Gasteiger partial charge on any atom is -0.453 e. The molecule has 0 saturated heterocycles. The third-order valence-corrected chi connectivity index (χ3v) is 5.37. The van der Waals surface area contributed by atoms with E-state index in [0.29, 0.717) is 11.6 Å². The van der Waals surface area contributed by atoms with E-state index in [2.05, 4.69) is 20.3 Å². The van der Waals surface area contributed by atoms with Crippen LogP contribution in [0.15, 0.2) is 82.3 Å². The molecule has 0 unspecified atom stereocenters. The lowest BCUT2D eigenvalue weighted by Crippen LogP contribution is -1.97. The average molecular weight is 393 g/mol. The first-order valence-corrected chi connectivity index (χ1v) is 9.96. The number of para-hydroxylation sites is 1. The topological polar surface area (TPSA) is 59.9 Å². The van der Waals surface area contributed by atoms with Gasteiger partial charge < -0.3 is 10.1 Å². The largest absolute Gasteiger partial charge is 0.453 e. The molecule has 0 aliphatic heterocycles. The number of aryl methyl sites for hydroxylation is 1. The minimum absolute atomic E-state index is 0.632. The van der Waals surface area contributed by atoms with E-state index in [-0.39, 0.29) is 0 Å². The Bertz CT molecular complexity index is 1020. The lowest BCUT2D eigenvalue weighted by molar-refractivity contribution is 0.481. The number of anilines is 2. The molecule has 3 aromatic heterocycles. The van der Waals surface area contributed by atoms with Crippen molar-refractivity contribution in [2.24, 2.45) is 0 Å². The molecule has 0 spiro atoms. The first-order chi connectivity index (χ1) is 13.3. The van der Waals surface area contributed by atoms with Crippen LogP contribution in [0.1, 0.15) is 5.69 Å². The highest BCUT2D eigenvalue weighted by Crippen LogP contribution is 2.36. The van der Waals surface area contributed by atoms with Crippen molar-refractivity contribution < 1.29 is 4.74 Å². The predicted molar refractivity (Wildman–Crippen MR) is 109 cm³/mol. The van der Waals surface area contributed by atoms with Crippen LogP contribution in [0.3, 0.4) is 0 Å². The van der Waals surface area contributed by atoms with Crippen LogP contribution in [0.2, 0.25) is 0 Å². The van der Waals surface area contributed by atoms with Crippen LogP contribution in [0.25, 0.3) is 0 Å². The van der Waals surface area contributed by atoms with Gasteiger partial charge in [0.05, 0.1) is 5.69 Å². The molecule has 4 aromatic rings. The van der Waals surface area contributed by atoms with Crippen molar-refractivity contribution in [3.05, 3.63) is 78.2 Å². The van der Waals surface area contributed by atoms with Gasteiger partial charge in [-0.1, -0.05) is 30.0 Å². The highest BCUT2D eigenvalue weighted by molar-refractivity contribution is 7.99. The Balaban J connectivity index is 1.64. The van der Waals surface area contributed by atoms with Crippen LogP contribution in [0, 0.1) is 6.92 Å². The molecule has 0 aliphatic carbocycles. The first-order valence-electron chi connectivity index (χ1n) is 8.26. The van der Waals surface area contributed by atoms with Crippen LogP contribution in [0.4, 0.5) is 10.9 Å². The summed E-state index contributed by atoms with van der Waals surface area (Å²) in [7, 11) is 0. The molecule has 0 fully saturated rings. The molecule has 0 atom stereocenters. The number of ether oxygens (including phenoxy) is 1. The maximum atomic E-state index is 6.09. The van der Waals surface area contributed by atoms with E-state index in [1.807, 2.05) is 67.0 Å². The Labute approximate surface area is 165 Å². The molecular formula is C20H16N4OS2. The summed E-state index contributed by atoms with van der Waals surface area (Å²) in [6.07, 6.45) is 5.38. The van der Waals surface area contributed by atoms with E-state index in [1.54, 1.807) is 24.2 Å². The fourth-order valence-corrected chi connectivity index (χ4v) is 3.81. The number of pyridine rings is 2. The van der Waals surface area contributed by atoms with Crippen molar-refractivity contribution in [1.82, 2.24) is 15.0 Å². The number of aromatic nitrogens is 3. The molecule has 0 radical (unpaired) electrons. The molecule has 1 aromatic carbocycles. The second-order valence-electron chi connectivity index (χ2n) is 5.64. The quantitative estimate of drug-likeness (QED) is 0.439. The Hall–Kier alpha value is -2.90. The molecule has 0 bridgehead atoms.